The largest absolute Gasteiger partial charge is 0.345 e. The number of rotatable bonds is 2. The van der Waals surface area contributed by atoms with Crippen LogP contribution in [0.25, 0.3) is 0 Å². The third-order valence-electron chi connectivity index (χ3n) is 2.55. The summed E-state index contributed by atoms with van der Waals surface area (Å²) in [5, 5.41) is 9.11. The van der Waals surface area contributed by atoms with Gasteiger partial charge in [0.05, 0.1) is 0 Å². The van der Waals surface area contributed by atoms with Crippen molar-refractivity contribution in [2.24, 2.45) is 0 Å². The van der Waals surface area contributed by atoms with Crippen molar-refractivity contribution in [2.75, 3.05) is 32.1 Å². The Morgan fingerprint density at radius 2 is 2.29 bits per heavy atom. The molecule has 0 N–H and O–H groups in total. The first-order chi connectivity index (χ1) is 6.66. The van der Waals surface area contributed by atoms with Gasteiger partial charge in [0.2, 0.25) is 5.13 Å². The van der Waals surface area contributed by atoms with Gasteiger partial charge in [-0.3, -0.25) is 0 Å². The number of anilines is 1. The van der Waals surface area contributed by atoms with Crippen LogP contribution in [0.15, 0.2) is 3.92 Å². The van der Waals surface area contributed by atoms with Gasteiger partial charge in [-0.2, -0.15) is 0 Å². The van der Waals surface area contributed by atoms with Gasteiger partial charge in [0.25, 0.3) is 0 Å². The number of nitrogens with zero attached hydrogens (tertiary/aromatic N) is 4. The summed E-state index contributed by atoms with van der Waals surface area (Å²) < 4.78 is 0.862. The number of aromatic nitrogens is 2. The maximum Gasteiger partial charge on any atom is 0.209 e. The SMILES string of the molecule is CN(C)C1CCN(c2nnc(Br)s2)C1. The zero-order valence-corrected chi connectivity index (χ0v) is 10.7. The molecule has 0 spiro atoms. The third kappa shape index (κ3) is 2.07. The second kappa shape index (κ2) is 4.12. The van der Waals surface area contributed by atoms with Gasteiger partial charge in [-0.15, -0.1) is 10.2 Å². The fraction of sp³-hybridized carbons (Fsp3) is 0.750. The summed E-state index contributed by atoms with van der Waals surface area (Å²) in [5.41, 5.74) is 0. The predicted molar refractivity (Wildman–Crippen MR) is 61.9 cm³/mol. The minimum absolute atomic E-state index is 0.651. The highest BCUT2D eigenvalue weighted by Crippen LogP contribution is 2.27. The minimum Gasteiger partial charge on any atom is -0.345 e. The van der Waals surface area contributed by atoms with Gasteiger partial charge in [0.1, 0.15) is 0 Å². The smallest absolute Gasteiger partial charge is 0.209 e. The van der Waals surface area contributed by atoms with Crippen LogP contribution in [0.2, 0.25) is 0 Å². The molecule has 0 saturated carbocycles. The van der Waals surface area contributed by atoms with Crippen molar-refractivity contribution in [1.29, 1.82) is 0 Å². The van der Waals surface area contributed by atoms with E-state index < -0.39 is 0 Å². The fourth-order valence-corrected chi connectivity index (χ4v) is 2.79. The van der Waals surface area contributed by atoms with E-state index in [1.807, 2.05) is 0 Å². The van der Waals surface area contributed by atoms with Gasteiger partial charge < -0.3 is 9.80 Å². The van der Waals surface area contributed by atoms with Crippen molar-refractivity contribution in [1.82, 2.24) is 15.1 Å². The molecule has 0 amide bonds. The van der Waals surface area contributed by atoms with Crippen LogP contribution in [0.1, 0.15) is 6.42 Å². The molecule has 1 aromatic rings. The summed E-state index contributed by atoms with van der Waals surface area (Å²) in [7, 11) is 4.26. The zero-order chi connectivity index (χ0) is 10.1. The molecule has 1 saturated heterocycles. The van der Waals surface area contributed by atoms with Crippen LogP contribution < -0.4 is 4.90 Å². The second-order valence-corrected chi connectivity index (χ2v) is 5.92. The molecule has 1 aliphatic rings. The summed E-state index contributed by atoms with van der Waals surface area (Å²) in [4.78, 5) is 4.57. The van der Waals surface area contributed by atoms with Crippen molar-refractivity contribution >= 4 is 32.4 Å². The van der Waals surface area contributed by atoms with E-state index in [2.05, 4.69) is 50.0 Å². The molecule has 1 unspecified atom stereocenters. The lowest BCUT2D eigenvalue weighted by molar-refractivity contribution is 0.315. The summed E-state index contributed by atoms with van der Waals surface area (Å²) in [6, 6.07) is 0.651. The average Bonchev–Trinajstić information content (AvgIpc) is 2.70. The van der Waals surface area contributed by atoms with E-state index in [4.69, 9.17) is 0 Å². The van der Waals surface area contributed by atoms with Crippen molar-refractivity contribution in [3.8, 4) is 0 Å². The monoisotopic (exact) mass is 276 g/mol. The predicted octanol–water partition coefficient (Wildman–Crippen LogP) is 1.44. The quantitative estimate of drug-likeness (QED) is 0.819. The summed E-state index contributed by atoms with van der Waals surface area (Å²) >= 11 is 4.93. The van der Waals surface area contributed by atoms with Crippen LogP contribution >= 0.6 is 27.3 Å². The Hall–Kier alpha value is -0.200. The van der Waals surface area contributed by atoms with E-state index in [0.29, 0.717) is 6.04 Å². The first-order valence-electron chi connectivity index (χ1n) is 4.57. The molecule has 78 valence electrons. The highest BCUT2D eigenvalue weighted by atomic mass is 79.9. The number of halogens is 1. The molecule has 0 aromatic carbocycles. The van der Waals surface area contributed by atoms with Crippen LogP contribution in [0, 0.1) is 0 Å². The molecule has 2 heterocycles. The van der Waals surface area contributed by atoms with Crippen LogP contribution in [-0.2, 0) is 0 Å². The first-order valence-corrected chi connectivity index (χ1v) is 6.18. The van der Waals surface area contributed by atoms with E-state index in [-0.39, 0.29) is 0 Å². The molecule has 0 radical (unpaired) electrons. The maximum absolute atomic E-state index is 4.12. The second-order valence-electron chi connectivity index (χ2n) is 3.69. The van der Waals surface area contributed by atoms with Crippen molar-refractivity contribution in [3.63, 3.8) is 0 Å². The Balaban J connectivity index is 2.02. The Bertz CT molecular complexity index is 314. The molecule has 1 aromatic heterocycles. The zero-order valence-electron chi connectivity index (χ0n) is 8.27. The summed E-state index contributed by atoms with van der Waals surface area (Å²) in [6.07, 6.45) is 1.21. The summed E-state index contributed by atoms with van der Waals surface area (Å²) in [5.74, 6) is 0. The normalized spacial score (nSPS) is 22.3. The molecule has 1 aliphatic heterocycles. The molecule has 14 heavy (non-hydrogen) atoms. The van der Waals surface area contributed by atoms with Gasteiger partial charge in [0.15, 0.2) is 3.92 Å². The third-order valence-corrected chi connectivity index (χ3v) is 3.97. The molecule has 6 heteroatoms. The van der Waals surface area contributed by atoms with Crippen molar-refractivity contribution in [3.05, 3.63) is 3.92 Å². The Kier molecular flexibility index (Phi) is 3.04. The lowest BCUT2D eigenvalue weighted by Gasteiger charge is -2.19. The maximum atomic E-state index is 4.12. The van der Waals surface area contributed by atoms with E-state index in [9.17, 15) is 0 Å². The van der Waals surface area contributed by atoms with Crippen LogP contribution in [0.5, 0.6) is 0 Å². The fourth-order valence-electron chi connectivity index (χ4n) is 1.66. The van der Waals surface area contributed by atoms with Gasteiger partial charge in [-0.25, -0.2) is 0 Å². The van der Waals surface area contributed by atoms with Crippen LogP contribution in [0.3, 0.4) is 0 Å². The van der Waals surface area contributed by atoms with E-state index in [0.717, 1.165) is 22.1 Å². The molecule has 0 aliphatic carbocycles. The molecule has 2 rings (SSSR count). The topological polar surface area (TPSA) is 32.3 Å². The van der Waals surface area contributed by atoms with E-state index >= 15 is 0 Å². The van der Waals surface area contributed by atoms with Gasteiger partial charge >= 0.3 is 0 Å². The van der Waals surface area contributed by atoms with Gasteiger partial charge in [-0.05, 0) is 36.4 Å². The minimum atomic E-state index is 0.651. The van der Waals surface area contributed by atoms with Crippen LogP contribution in [-0.4, -0.2) is 48.3 Å². The lowest BCUT2D eigenvalue weighted by Crippen LogP contribution is -2.31. The van der Waals surface area contributed by atoms with E-state index in [1.54, 1.807) is 11.3 Å². The standard InChI is InChI=1S/C8H13BrN4S/c1-12(2)6-3-4-13(5-6)8-11-10-7(9)14-8/h6H,3-5H2,1-2H3. The Labute approximate surface area is 96.1 Å². The number of likely N-dealkylation sites (N-methyl/N-ethyl adjacent to an activating group) is 1. The highest BCUT2D eigenvalue weighted by molar-refractivity contribution is 9.11. The Morgan fingerprint density at radius 1 is 1.50 bits per heavy atom. The first kappa shape index (κ1) is 10.3. The number of hydrogen-bond donors (Lipinski definition) is 0. The molecular weight excluding hydrogens is 264 g/mol. The lowest BCUT2D eigenvalue weighted by atomic mass is 10.2. The highest BCUT2D eigenvalue weighted by Gasteiger charge is 2.25. The summed E-state index contributed by atoms with van der Waals surface area (Å²) in [6.45, 7) is 2.15. The van der Waals surface area contributed by atoms with Crippen molar-refractivity contribution in [2.45, 2.75) is 12.5 Å². The number of hydrogen-bond acceptors (Lipinski definition) is 5. The average molecular weight is 277 g/mol. The van der Waals surface area contributed by atoms with Crippen molar-refractivity contribution < 1.29 is 0 Å². The molecule has 1 atom stereocenters. The van der Waals surface area contributed by atoms with Gasteiger partial charge in [-0.1, -0.05) is 11.3 Å². The Morgan fingerprint density at radius 3 is 2.79 bits per heavy atom. The van der Waals surface area contributed by atoms with Crippen LogP contribution in [0.4, 0.5) is 5.13 Å². The molecule has 4 nitrogen and oxygen atoms in total. The molecule has 0 bridgehead atoms. The molecule has 1 fully saturated rings. The molecular formula is C8H13BrN4S. The van der Waals surface area contributed by atoms with Gasteiger partial charge in [0, 0.05) is 19.1 Å². The van der Waals surface area contributed by atoms with E-state index in [1.165, 1.54) is 6.42 Å².